The van der Waals surface area contributed by atoms with Crippen molar-refractivity contribution in [2.24, 2.45) is 10.7 Å². The maximum Gasteiger partial charge on any atom is 0.257 e. The van der Waals surface area contributed by atoms with Gasteiger partial charge in [-0.3, -0.25) is 4.98 Å². The lowest BCUT2D eigenvalue weighted by molar-refractivity contribution is 0.385. The number of benzene rings is 1. The Morgan fingerprint density at radius 1 is 0.906 bits per heavy atom. The zero-order chi connectivity index (χ0) is 22.0. The molecule has 0 unspecified atom stereocenters. The molecule has 9 heteroatoms. The van der Waals surface area contributed by atoms with Gasteiger partial charge < -0.3 is 10.5 Å². The number of ether oxygens (including phenoxy) is 1. The van der Waals surface area contributed by atoms with Gasteiger partial charge in [-0.15, -0.1) is 0 Å². The minimum absolute atomic E-state index is 0.0618. The van der Waals surface area contributed by atoms with Crippen LogP contribution in [0.25, 0.3) is 11.1 Å². The van der Waals surface area contributed by atoms with Crippen molar-refractivity contribution in [1.29, 1.82) is 0 Å². The number of nitrogens with zero attached hydrogens (tertiary/aromatic N) is 4. The van der Waals surface area contributed by atoms with Crippen LogP contribution < -0.4 is 10.5 Å². The Kier molecular flexibility index (Phi) is 3.85. The summed E-state index contributed by atoms with van der Waals surface area (Å²) >= 11 is 6.12. The van der Waals surface area contributed by atoms with Crippen LogP contribution >= 0.6 is 11.6 Å². The molecule has 3 aromatic heterocycles. The summed E-state index contributed by atoms with van der Waals surface area (Å²) in [5.74, 6) is -1.07. The molecule has 0 amide bonds. The summed E-state index contributed by atoms with van der Waals surface area (Å²) in [7, 11) is 0. The summed E-state index contributed by atoms with van der Waals surface area (Å²) in [4.78, 5) is 16.5. The highest BCUT2D eigenvalue weighted by Gasteiger charge is 2.50. The van der Waals surface area contributed by atoms with Crippen molar-refractivity contribution < 1.29 is 13.5 Å². The normalized spacial score (nSPS) is 17.9. The van der Waals surface area contributed by atoms with Crippen molar-refractivity contribution in [2.75, 3.05) is 0 Å². The summed E-state index contributed by atoms with van der Waals surface area (Å²) in [6.07, 6.45) is 2.97. The number of pyridine rings is 3. The van der Waals surface area contributed by atoms with Crippen LogP contribution in [0.15, 0.2) is 65.9 Å². The summed E-state index contributed by atoms with van der Waals surface area (Å²) < 4.78 is 35.2. The fourth-order valence-corrected chi connectivity index (χ4v) is 4.55. The van der Waals surface area contributed by atoms with Crippen LogP contribution in [0.3, 0.4) is 0 Å². The molecular weight excluding hydrogens is 436 g/mol. The molecule has 1 atom stereocenters. The standard InChI is InChI=1S/C23H12ClF2N5O/c24-17-10-15-19(21(26)30-17)32-16-6-5-11(12-3-1-8-29-20(12)25)9-14(16)23(15)13-4-2-7-28-18(13)22(27)31-23/h1-10H,(H2,27,31)/t23-/m0/s1. The van der Waals surface area contributed by atoms with E-state index in [1.165, 1.54) is 12.3 Å². The van der Waals surface area contributed by atoms with Gasteiger partial charge in [-0.2, -0.15) is 8.78 Å². The van der Waals surface area contributed by atoms with E-state index in [1.807, 2.05) is 6.07 Å². The van der Waals surface area contributed by atoms with Gasteiger partial charge in [-0.05, 0) is 42.0 Å². The van der Waals surface area contributed by atoms with Gasteiger partial charge in [-0.25, -0.2) is 15.0 Å². The molecule has 0 radical (unpaired) electrons. The van der Waals surface area contributed by atoms with Crippen LogP contribution in [-0.4, -0.2) is 20.8 Å². The van der Waals surface area contributed by atoms with Crippen molar-refractivity contribution in [3.8, 4) is 22.6 Å². The highest BCUT2D eigenvalue weighted by atomic mass is 35.5. The van der Waals surface area contributed by atoms with Gasteiger partial charge in [0.15, 0.2) is 5.75 Å². The van der Waals surface area contributed by atoms with Gasteiger partial charge in [0.1, 0.15) is 28.0 Å². The molecule has 2 aliphatic heterocycles. The average Bonchev–Trinajstić information content (AvgIpc) is 3.08. The van der Waals surface area contributed by atoms with Crippen molar-refractivity contribution in [3.05, 3.63) is 100 Å². The molecule has 2 aliphatic rings. The summed E-state index contributed by atoms with van der Waals surface area (Å²) in [5, 5.41) is -0.0618. The first-order valence-electron chi connectivity index (χ1n) is 9.60. The number of amidine groups is 1. The van der Waals surface area contributed by atoms with E-state index >= 15 is 0 Å². The van der Waals surface area contributed by atoms with Gasteiger partial charge in [-0.1, -0.05) is 23.7 Å². The fraction of sp³-hybridized carbons (Fsp3) is 0.0435. The van der Waals surface area contributed by atoms with Gasteiger partial charge in [0.05, 0.1) is 0 Å². The molecule has 32 heavy (non-hydrogen) atoms. The summed E-state index contributed by atoms with van der Waals surface area (Å²) in [6, 6.07) is 13.4. The van der Waals surface area contributed by atoms with Crippen LogP contribution in [0.1, 0.15) is 22.4 Å². The first kappa shape index (κ1) is 18.8. The smallest absolute Gasteiger partial charge is 0.257 e. The zero-order valence-corrected chi connectivity index (χ0v) is 16.9. The number of aliphatic imine (C=N–C) groups is 1. The number of fused-ring (bicyclic) bond motifs is 6. The number of hydrogen-bond acceptors (Lipinski definition) is 6. The predicted octanol–water partition coefficient (Wildman–Crippen LogP) is 4.59. The van der Waals surface area contributed by atoms with Crippen molar-refractivity contribution >= 4 is 17.4 Å². The molecule has 0 aliphatic carbocycles. The predicted molar refractivity (Wildman–Crippen MR) is 114 cm³/mol. The molecule has 6 nitrogen and oxygen atoms in total. The molecule has 0 saturated carbocycles. The van der Waals surface area contributed by atoms with E-state index in [9.17, 15) is 8.78 Å². The highest BCUT2D eigenvalue weighted by molar-refractivity contribution is 6.29. The summed E-state index contributed by atoms with van der Waals surface area (Å²) in [6.45, 7) is 0. The van der Waals surface area contributed by atoms with Crippen LogP contribution in [0.2, 0.25) is 5.15 Å². The molecule has 0 fully saturated rings. The minimum Gasteiger partial charge on any atom is -0.452 e. The van der Waals surface area contributed by atoms with E-state index < -0.39 is 17.4 Å². The van der Waals surface area contributed by atoms with E-state index in [2.05, 4.69) is 15.0 Å². The lowest BCUT2D eigenvalue weighted by Crippen LogP contribution is -2.30. The molecule has 5 heterocycles. The van der Waals surface area contributed by atoms with Gasteiger partial charge in [0.2, 0.25) is 5.95 Å². The number of aromatic nitrogens is 3. The molecule has 156 valence electrons. The first-order valence-corrected chi connectivity index (χ1v) is 9.98. The van der Waals surface area contributed by atoms with E-state index in [1.54, 1.807) is 42.6 Å². The Hall–Kier alpha value is -3.91. The SMILES string of the molecule is NC1=N[C@]2(c3cc(-c4cccnc4F)ccc3Oc3c2cc(Cl)nc3F)c2cccnc21. The Bertz CT molecular complexity index is 1470. The quantitative estimate of drug-likeness (QED) is 0.431. The first-order chi connectivity index (χ1) is 15.5. The Labute approximate surface area is 185 Å². The fourth-order valence-electron chi connectivity index (χ4n) is 4.37. The monoisotopic (exact) mass is 447 g/mol. The van der Waals surface area contributed by atoms with Gasteiger partial charge in [0.25, 0.3) is 5.95 Å². The second-order valence-corrected chi connectivity index (χ2v) is 7.76. The summed E-state index contributed by atoms with van der Waals surface area (Å²) in [5.41, 5.74) is 7.79. The number of hydrogen-bond donors (Lipinski definition) is 1. The topological polar surface area (TPSA) is 86.3 Å². The lowest BCUT2D eigenvalue weighted by atomic mass is 9.76. The molecular formula is C23H12ClF2N5O. The van der Waals surface area contributed by atoms with Gasteiger partial charge in [0, 0.05) is 34.6 Å². The van der Waals surface area contributed by atoms with E-state index in [-0.39, 0.29) is 16.7 Å². The Morgan fingerprint density at radius 3 is 2.56 bits per heavy atom. The number of nitrogens with two attached hydrogens (primary N) is 1. The molecule has 0 bridgehead atoms. The van der Waals surface area contributed by atoms with Gasteiger partial charge >= 0.3 is 0 Å². The van der Waals surface area contributed by atoms with Crippen molar-refractivity contribution in [2.45, 2.75) is 5.54 Å². The zero-order valence-electron chi connectivity index (χ0n) is 16.2. The lowest BCUT2D eigenvalue weighted by Gasteiger charge is -2.35. The molecule has 1 aromatic carbocycles. The third-order valence-electron chi connectivity index (χ3n) is 5.67. The van der Waals surface area contributed by atoms with Crippen LogP contribution in [0, 0.1) is 11.9 Å². The van der Waals surface area contributed by atoms with Crippen molar-refractivity contribution in [1.82, 2.24) is 15.0 Å². The largest absolute Gasteiger partial charge is 0.452 e. The third kappa shape index (κ3) is 2.44. The van der Waals surface area contributed by atoms with E-state index in [0.29, 0.717) is 39.3 Å². The van der Waals surface area contributed by atoms with Crippen LogP contribution in [0.4, 0.5) is 8.78 Å². The molecule has 0 saturated heterocycles. The van der Waals surface area contributed by atoms with Crippen molar-refractivity contribution in [3.63, 3.8) is 0 Å². The Balaban J connectivity index is 1.72. The molecule has 1 spiro atoms. The number of rotatable bonds is 1. The van der Waals surface area contributed by atoms with E-state index in [0.717, 1.165) is 0 Å². The maximum atomic E-state index is 14.9. The molecule has 2 N–H and O–H groups in total. The number of halogens is 3. The van der Waals surface area contributed by atoms with Crippen LogP contribution in [-0.2, 0) is 5.54 Å². The third-order valence-corrected chi connectivity index (χ3v) is 5.86. The van der Waals surface area contributed by atoms with Crippen LogP contribution in [0.5, 0.6) is 11.5 Å². The second kappa shape index (κ2) is 6.54. The molecule has 6 rings (SSSR count). The highest BCUT2D eigenvalue weighted by Crippen LogP contribution is 2.56. The second-order valence-electron chi connectivity index (χ2n) is 7.37. The average molecular weight is 448 g/mol. The Morgan fingerprint density at radius 2 is 1.72 bits per heavy atom. The van der Waals surface area contributed by atoms with E-state index in [4.69, 9.17) is 27.1 Å². The maximum absolute atomic E-state index is 14.9. The minimum atomic E-state index is -1.29. The molecule has 4 aromatic rings.